The molecule has 0 aromatic heterocycles. The van der Waals surface area contributed by atoms with Crippen LogP contribution in [0.1, 0.15) is 56.6 Å². The zero-order valence-corrected chi connectivity index (χ0v) is 12.9. The summed E-state index contributed by atoms with van der Waals surface area (Å²) >= 11 is 0. The fourth-order valence-electron chi connectivity index (χ4n) is 4.49. The summed E-state index contributed by atoms with van der Waals surface area (Å²) in [6.45, 7) is 2.21. The highest BCUT2D eigenvalue weighted by molar-refractivity contribution is 5.34. The van der Waals surface area contributed by atoms with Crippen LogP contribution in [0.4, 0.5) is 0 Å². The molecule has 2 heteroatoms. The molecule has 2 aliphatic carbocycles. The van der Waals surface area contributed by atoms with E-state index in [1.165, 1.54) is 17.5 Å². The normalized spacial score (nSPS) is 35.8. The van der Waals surface area contributed by atoms with E-state index in [1.54, 1.807) is 0 Å². The second-order valence-electron chi connectivity index (χ2n) is 7.04. The maximum absolute atomic E-state index is 11.4. The number of nitriles is 1. The van der Waals surface area contributed by atoms with Crippen LogP contribution in [0.2, 0.25) is 0 Å². The van der Waals surface area contributed by atoms with Gasteiger partial charge in [0.25, 0.3) is 0 Å². The lowest BCUT2D eigenvalue weighted by atomic mass is 9.56. The van der Waals surface area contributed by atoms with E-state index in [4.69, 9.17) is 0 Å². The van der Waals surface area contributed by atoms with Gasteiger partial charge in [-0.05, 0) is 42.7 Å². The minimum Gasteiger partial charge on any atom is -0.388 e. The SMILES string of the molecule is CCC1CCCC(C#N)(C2(O)CCc3ccccc3C2)C1. The molecule has 0 bridgehead atoms. The first-order chi connectivity index (χ1) is 10.1. The number of nitrogens with zero attached hydrogens (tertiary/aromatic N) is 1. The van der Waals surface area contributed by atoms with Crippen molar-refractivity contribution in [3.05, 3.63) is 35.4 Å². The molecule has 3 atom stereocenters. The highest BCUT2D eigenvalue weighted by Crippen LogP contribution is 2.51. The molecule has 1 N–H and O–H groups in total. The Bertz CT molecular complexity index is 561. The third-order valence-electron chi connectivity index (χ3n) is 5.94. The summed E-state index contributed by atoms with van der Waals surface area (Å²) in [5.74, 6) is 0.597. The van der Waals surface area contributed by atoms with Crippen molar-refractivity contribution >= 4 is 0 Å². The molecule has 0 saturated heterocycles. The minimum absolute atomic E-state index is 0.542. The third-order valence-corrected chi connectivity index (χ3v) is 5.94. The molecule has 1 saturated carbocycles. The molecule has 3 rings (SSSR count). The Morgan fingerprint density at radius 2 is 2.05 bits per heavy atom. The van der Waals surface area contributed by atoms with Gasteiger partial charge in [0.1, 0.15) is 0 Å². The maximum atomic E-state index is 11.4. The predicted octanol–water partition coefficient (Wildman–Crippen LogP) is 4.02. The predicted molar refractivity (Wildman–Crippen MR) is 83.7 cm³/mol. The maximum Gasteiger partial charge on any atom is 0.0876 e. The second-order valence-corrected chi connectivity index (χ2v) is 7.04. The molecule has 1 aromatic carbocycles. The molecular formula is C19H25NO. The van der Waals surface area contributed by atoms with Gasteiger partial charge in [-0.2, -0.15) is 5.26 Å². The molecule has 112 valence electrons. The molecular weight excluding hydrogens is 258 g/mol. The smallest absolute Gasteiger partial charge is 0.0876 e. The molecule has 21 heavy (non-hydrogen) atoms. The van der Waals surface area contributed by atoms with Crippen LogP contribution >= 0.6 is 0 Å². The Kier molecular flexibility index (Phi) is 3.80. The Morgan fingerprint density at radius 1 is 1.29 bits per heavy atom. The van der Waals surface area contributed by atoms with Gasteiger partial charge in [-0.3, -0.25) is 0 Å². The number of rotatable bonds is 2. The van der Waals surface area contributed by atoms with Crippen LogP contribution in [-0.4, -0.2) is 10.7 Å². The lowest BCUT2D eigenvalue weighted by Gasteiger charge is -2.49. The van der Waals surface area contributed by atoms with E-state index in [0.717, 1.165) is 38.5 Å². The lowest BCUT2D eigenvalue weighted by molar-refractivity contribution is -0.0909. The summed E-state index contributed by atoms with van der Waals surface area (Å²) in [5.41, 5.74) is 1.20. The van der Waals surface area contributed by atoms with E-state index in [-0.39, 0.29) is 0 Å². The van der Waals surface area contributed by atoms with Crippen molar-refractivity contribution in [1.29, 1.82) is 5.26 Å². The van der Waals surface area contributed by atoms with Crippen LogP contribution < -0.4 is 0 Å². The van der Waals surface area contributed by atoms with Crippen LogP contribution in [0.25, 0.3) is 0 Å². The zero-order chi connectivity index (χ0) is 14.9. The molecule has 0 spiro atoms. The van der Waals surface area contributed by atoms with Crippen molar-refractivity contribution in [2.24, 2.45) is 11.3 Å². The Morgan fingerprint density at radius 3 is 2.76 bits per heavy atom. The van der Waals surface area contributed by atoms with Gasteiger partial charge in [-0.15, -0.1) is 0 Å². The standard InChI is InChI=1S/C19H25NO/c1-2-15-6-5-10-18(12-15,14-20)19(21)11-9-16-7-3-4-8-17(16)13-19/h3-4,7-8,15,21H,2,5-6,9-13H2,1H3. The fraction of sp³-hybridized carbons (Fsp3) is 0.632. The summed E-state index contributed by atoms with van der Waals surface area (Å²) in [6, 6.07) is 11.0. The van der Waals surface area contributed by atoms with Gasteiger partial charge in [0.05, 0.1) is 17.1 Å². The van der Waals surface area contributed by atoms with E-state index < -0.39 is 11.0 Å². The van der Waals surface area contributed by atoms with Crippen molar-refractivity contribution in [2.75, 3.05) is 0 Å². The van der Waals surface area contributed by atoms with Crippen LogP contribution in [0.3, 0.4) is 0 Å². The Balaban J connectivity index is 1.92. The average Bonchev–Trinajstić information content (AvgIpc) is 2.54. The Hall–Kier alpha value is -1.33. The Labute approximate surface area is 127 Å². The first kappa shape index (κ1) is 14.6. The summed E-state index contributed by atoms with van der Waals surface area (Å²) in [7, 11) is 0. The molecule has 2 nitrogen and oxygen atoms in total. The minimum atomic E-state index is -0.843. The van der Waals surface area contributed by atoms with Crippen LogP contribution in [0, 0.1) is 22.7 Å². The van der Waals surface area contributed by atoms with E-state index in [2.05, 4.69) is 31.2 Å². The van der Waals surface area contributed by atoms with E-state index >= 15 is 0 Å². The topological polar surface area (TPSA) is 44.0 Å². The molecule has 2 aliphatic rings. The molecule has 1 fully saturated rings. The zero-order valence-electron chi connectivity index (χ0n) is 12.9. The van der Waals surface area contributed by atoms with Crippen LogP contribution in [0.5, 0.6) is 0 Å². The van der Waals surface area contributed by atoms with Crippen LogP contribution in [-0.2, 0) is 12.8 Å². The van der Waals surface area contributed by atoms with E-state index in [0.29, 0.717) is 12.3 Å². The first-order valence-corrected chi connectivity index (χ1v) is 8.33. The number of aliphatic hydroxyl groups is 1. The molecule has 0 aliphatic heterocycles. The van der Waals surface area contributed by atoms with Gasteiger partial charge < -0.3 is 5.11 Å². The number of hydrogen-bond acceptors (Lipinski definition) is 2. The molecule has 1 aromatic rings. The van der Waals surface area contributed by atoms with Gasteiger partial charge >= 0.3 is 0 Å². The number of aryl methyl sites for hydroxylation is 1. The fourth-order valence-corrected chi connectivity index (χ4v) is 4.49. The van der Waals surface area contributed by atoms with E-state index in [1.807, 2.05) is 6.07 Å². The lowest BCUT2D eigenvalue weighted by Crippen LogP contribution is -2.53. The van der Waals surface area contributed by atoms with Gasteiger partial charge in [0.15, 0.2) is 0 Å². The van der Waals surface area contributed by atoms with Gasteiger partial charge in [-0.1, -0.05) is 50.5 Å². The first-order valence-electron chi connectivity index (χ1n) is 8.33. The van der Waals surface area contributed by atoms with E-state index in [9.17, 15) is 10.4 Å². The highest BCUT2D eigenvalue weighted by Gasteiger charge is 2.53. The van der Waals surface area contributed by atoms with Gasteiger partial charge in [0.2, 0.25) is 0 Å². The molecule has 0 radical (unpaired) electrons. The van der Waals surface area contributed by atoms with Crippen molar-refractivity contribution in [3.63, 3.8) is 0 Å². The summed E-state index contributed by atoms with van der Waals surface area (Å²) in [5, 5.41) is 21.3. The third kappa shape index (κ3) is 2.38. The largest absolute Gasteiger partial charge is 0.388 e. The molecule has 0 amide bonds. The van der Waals surface area contributed by atoms with Crippen molar-refractivity contribution in [1.82, 2.24) is 0 Å². The molecule has 0 heterocycles. The van der Waals surface area contributed by atoms with Crippen molar-refractivity contribution in [3.8, 4) is 6.07 Å². The van der Waals surface area contributed by atoms with Crippen LogP contribution in [0.15, 0.2) is 24.3 Å². The quantitative estimate of drug-likeness (QED) is 0.891. The monoisotopic (exact) mass is 283 g/mol. The number of fused-ring (bicyclic) bond motifs is 1. The van der Waals surface area contributed by atoms with Gasteiger partial charge in [-0.25, -0.2) is 0 Å². The molecule has 3 unspecified atom stereocenters. The summed E-state index contributed by atoms with van der Waals surface area (Å²) in [4.78, 5) is 0. The second kappa shape index (κ2) is 5.46. The summed E-state index contributed by atoms with van der Waals surface area (Å²) in [6.07, 6.45) is 7.42. The van der Waals surface area contributed by atoms with Crippen molar-refractivity contribution in [2.45, 2.75) is 63.9 Å². The van der Waals surface area contributed by atoms with Crippen molar-refractivity contribution < 1.29 is 5.11 Å². The number of hydrogen-bond donors (Lipinski definition) is 1. The highest BCUT2D eigenvalue weighted by atomic mass is 16.3. The van der Waals surface area contributed by atoms with Gasteiger partial charge in [0, 0.05) is 6.42 Å². The summed E-state index contributed by atoms with van der Waals surface area (Å²) < 4.78 is 0. The number of benzene rings is 1. The average molecular weight is 283 g/mol.